The molecular weight excluding hydrogens is 364 g/mol. The monoisotopic (exact) mass is 386 g/mol. The van der Waals surface area contributed by atoms with Crippen molar-refractivity contribution in [3.63, 3.8) is 0 Å². The number of anilines is 1. The van der Waals surface area contributed by atoms with E-state index in [0.717, 1.165) is 0 Å². The maximum atomic E-state index is 12.4. The number of halogens is 1. The highest BCUT2D eigenvalue weighted by Crippen LogP contribution is 2.35. The zero-order chi connectivity index (χ0) is 19.9. The van der Waals surface area contributed by atoms with Crippen LogP contribution in [0.5, 0.6) is 0 Å². The van der Waals surface area contributed by atoms with Crippen LogP contribution < -0.4 is 10.6 Å². The molecule has 1 atom stereocenters. The van der Waals surface area contributed by atoms with Crippen molar-refractivity contribution in [2.45, 2.75) is 32.2 Å². The number of carboxylic acid groups (broad SMARTS) is 1. The van der Waals surface area contributed by atoms with Crippen molar-refractivity contribution in [3.8, 4) is 0 Å². The number of carbonyl (C=O) groups is 2. The van der Waals surface area contributed by atoms with Gasteiger partial charge in [0.25, 0.3) is 11.6 Å². The molecule has 10 heteroatoms. The molecule has 2 amide bonds. The smallest absolute Gasteiger partial charge is 0.404 e. The van der Waals surface area contributed by atoms with Gasteiger partial charge in [-0.3, -0.25) is 14.9 Å². The van der Waals surface area contributed by atoms with E-state index in [0.29, 0.717) is 25.8 Å². The lowest BCUT2D eigenvalue weighted by atomic mass is 10.1. The quantitative estimate of drug-likeness (QED) is 0.340. The second-order valence-corrected chi connectivity index (χ2v) is 6.45. The molecule has 9 nitrogen and oxygen atoms in total. The molecule has 0 saturated heterocycles. The van der Waals surface area contributed by atoms with Crippen LogP contribution in [0.2, 0.25) is 5.02 Å². The minimum absolute atomic E-state index is 0.0604. The Bertz CT molecular complexity index is 681. The first kappa shape index (κ1) is 21.5. The lowest BCUT2D eigenvalue weighted by Gasteiger charge is -2.20. The van der Waals surface area contributed by atoms with Gasteiger partial charge in [-0.2, -0.15) is 0 Å². The predicted molar refractivity (Wildman–Crippen MR) is 99.1 cm³/mol. The van der Waals surface area contributed by atoms with Gasteiger partial charge in [-0.15, -0.1) is 0 Å². The maximum Gasteiger partial charge on any atom is 0.404 e. The van der Waals surface area contributed by atoms with Crippen molar-refractivity contribution in [2.75, 3.05) is 26.0 Å². The van der Waals surface area contributed by atoms with Crippen molar-refractivity contribution in [2.24, 2.45) is 0 Å². The number of nitrogens with one attached hydrogen (secondary N) is 2. The first-order valence-electron chi connectivity index (χ1n) is 8.07. The Morgan fingerprint density at radius 1 is 1.35 bits per heavy atom. The van der Waals surface area contributed by atoms with Crippen molar-refractivity contribution in [1.29, 1.82) is 0 Å². The number of nitro groups is 1. The largest absolute Gasteiger partial charge is 0.465 e. The van der Waals surface area contributed by atoms with Crippen LogP contribution in [0.15, 0.2) is 12.1 Å². The minimum atomic E-state index is -1.07. The van der Waals surface area contributed by atoms with Crippen LogP contribution in [-0.4, -0.2) is 53.6 Å². The van der Waals surface area contributed by atoms with Crippen molar-refractivity contribution in [1.82, 2.24) is 10.2 Å². The first-order chi connectivity index (χ1) is 12.1. The van der Waals surface area contributed by atoms with E-state index in [1.54, 1.807) is 14.1 Å². The minimum Gasteiger partial charge on any atom is -0.465 e. The predicted octanol–water partition coefficient (Wildman–Crippen LogP) is 3.19. The second kappa shape index (κ2) is 9.81. The fourth-order valence-corrected chi connectivity index (χ4v) is 2.62. The van der Waals surface area contributed by atoms with Gasteiger partial charge in [-0.1, -0.05) is 11.6 Å². The summed E-state index contributed by atoms with van der Waals surface area (Å²) in [5.74, 6) is -0.431. The average molecular weight is 387 g/mol. The molecule has 0 aromatic heterocycles. The third kappa shape index (κ3) is 6.07. The molecule has 0 bridgehead atoms. The van der Waals surface area contributed by atoms with Crippen LogP contribution >= 0.6 is 11.6 Å². The molecule has 0 aliphatic heterocycles. The maximum absolute atomic E-state index is 12.4. The molecule has 1 rings (SSSR count). The molecule has 0 fully saturated rings. The van der Waals surface area contributed by atoms with Crippen LogP contribution in [0.3, 0.4) is 0 Å². The molecular formula is C16H23ClN4O5. The van der Waals surface area contributed by atoms with Gasteiger partial charge in [-0.05, 0) is 32.3 Å². The molecule has 144 valence electrons. The number of hydrogen-bond acceptors (Lipinski definition) is 5. The van der Waals surface area contributed by atoms with Crippen LogP contribution in [0.1, 0.15) is 36.5 Å². The fraction of sp³-hybridized carbons (Fsp3) is 0.500. The topological polar surface area (TPSA) is 125 Å². The Kier molecular flexibility index (Phi) is 8.11. The lowest BCUT2D eigenvalue weighted by Crippen LogP contribution is -2.26. The van der Waals surface area contributed by atoms with E-state index in [9.17, 15) is 19.7 Å². The van der Waals surface area contributed by atoms with Gasteiger partial charge >= 0.3 is 6.09 Å². The summed E-state index contributed by atoms with van der Waals surface area (Å²) in [4.78, 5) is 34.9. The normalized spacial score (nSPS) is 11.5. The van der Waals surface area contributed by atoms with E-state index in [4.69, 9.17) is 16.7 Å². The molecule has 0 heterocycles. The highest BCUT2D eigenvalue weighted by molar-refractivity contribution is 6.35. The molecule has 1 aromatic carbocycles. The first-order valence-corrected chi connectivity index (χ1v) is 8.44. The van der Waals surface area contributed by atoms with E-state index in [-0.39, 0.29) is 28.0 Å². The highest BCUT2D eigenvalue weighted by atomic mass is 35.5. The Morgan fingerprint density at radius 2 is 2.00 bits per heavy atom. The molecule has 1 aromatic rings. The zero-order valence-corrected chi connectivity index (χ0v) is 15.7. The molecule has 3 N–H and O–H groups in total. The van der Waals surface area contributed by atoms with E-state index in [2.05, 4.69) is 10.6 Å². The van der Waals surface area contributed by atoms with E-state index in [1.165, 1.54) is 17.0 Å². The summed E-state index contributed by atoms with van der Waals surface area (Å²) in [6.07, 6.45) is 0.914. The molecule has 0 unspecified atom stereocenters. The van der Waals surface area contributed by atoms with Gasteiger partial charge in [0.2, 0.25) is 0 Å². The van der Waals surface area contributed by atoms with Crippen molar-refractivity contribution >= 4 is 35.0 Å². The Hall–Kier alpha value is -2.55. The molecule has 26 heavy (non-hydrogen) atoms. The lowest BCUT2D eigenvalue weighted by molar-refractivity contribution is -0.384. The zero-order valence-electron chi connectivity index (χ0n) is 14.9. The summed E-state index contributed by atoms with van der Waals surface area (Å²) in [7, 11) is 3.08. The fourth-order valence-electron chi connectivity index (χ4n) is 2.39. The second-order valence-electron chi connectivity index (χ2n) is 6.05. The van der Waals surface area contributed by atoms with Gasteiger partial charge in [0.15, 0.2) is 0 Å². The molecule has 0 aliphatic carbocycles. The van der Waals surface area contributed by atoms with Crippen LogP contribution in [-0.2, 0) is 0 Å². The average Bonchev–Trinajstić information content (AvgIpc) is 2.53. The number of nitrogens with zero attached hydrogens (tertiary/aromatic N) is 2. The van der Waals surface area contributed by atoms with Gasteiger partial charge in [0.05, 0.1) is 15.5 Å². The Morgan fingerprint density at radius 3 is 2.54 bits per heavy atom. The number of amides is 2. The summed E-state index contributed by atoms with van der Waals surface area (Å²) >= 11 is 6.13. The van der Waals surface area contributed by atoms with Gasteiger partial charge < -0.3 is 20.6 Å². The number of carbonyl (C=O) groups excluding carboxylic acids is 1. The van der Waals surface area contributed by atoms with Gasteiger partial charge in [0.1, 0.15) is 5.69 Å². The molecule has 0 radical (unpaired) electrons. The molecule has 0 aliphatic rings. The summed E-state index contributed by atoms with van der Waals surface area (Å²) in [5.41, 5.74) is -0.0679. The van der Waals surface area contributed by atoms with Crippen LogP contribution in [0.25, 0.3) is 0 Å². The SMILES string of the molecule is C[C@H](CCCCNC(=O)O)Nc1c([N+](=O)[O-])ccc(Cl)c1C(=O)N(C)C. The Balaban J connectivity index is 2.95. The molecule has 0 saturated carbocycles. The number of nitro benzene ring substituents is 1. The summed E-state index contributed by atoms with van der Waals surface area (Å²) in [6.45, 7) is 2.17. The van der Waals surface area contributed by atoms with Gasteiger partial charge in [-0.25, -0.2) is 4.79 Å². The number of benzene rings is 1. The van der Waals surface area contributed by atoms with E-state index < -0.39 is 16.9 Å². The van der Waals surface area contributed by atoms with Crippen molar-refractivity contribution in [3.05, 3.63) is 32.8 Å². The van der Waals surface area contributed by atoms with Crippen LogP contribution in [0.4, 0.5) is 16.2 Å². The van der Waals surface area contributed by atoms with Gasteiger partial charge in [0, 0.05) is 32.7 Å². The number of hydrogen-bond donors (Lipinski definition) is 3. The number of rotatable bonds is 9. The third-order valence-electron chi connectivity index (χ3n) is 3.68. The summed E-state index contributed by atoms with van der Waals surface area (Å²) < 4.78 is 0. The third-order valence-corrected chi connectivity index (χ3v) is 4.00. The highest BCUT2D eigenvalue weighted by Gasteiger charge is 2.26. The summed E-state index contributed by atoms with van der Waals surface area (Å²) in [5, 5.41) is 25.3. The Labute approximate surface area is 156 Å². The number of unbranched alkanes of at least 4 members (excludes halogenated alkanes) is 1. The van der Waals surface area contributed by atoms with E-state index in [1.807, 2.05) is 6.92 Å². The standard InChI is InChI=1S/C16H23ClN4O5/c1-10(6-4-5-9-18-16(23)24)19-14-12(21(25)26)8-7-11(17)13(14)15(22)20(2)3/h7-8,10,18-19H,4-6,9H2,1-3H3,(H,23,24)/t10-/m1/s1. The summed E-state index contributed by atoms with van der Waals surface area (Å²) in [6, 6.07) is 2.43. The molecule has 0 spiro atoms. The van der Waals surface area contributed by atoms with E-state index >= 15 is 0 Å². The van der Waals surface area contributed by atoms with Crippen LogP contribution in [0, 0.1) is 10.1 Å². The van der Waals surface area contributed by atoms with Crippen molar-refractivity contribution < 1.29 is 19.6 Å².